The predicted molar refractivity (Wildman–Crippen MR) is 98.6 cm³/mol. The van der Waals surface area contributed by atoms with Gasteiger partial charge in [0.15, 0.2) is 0 Å². The molecule has 7 nitrogen and oxygen atoms in total. The summed E-state index contributed by atoms with van der Waals surface area (Å²) in [6.07, 6.45) is -0.129. The second kappa shape index (κ2) is 8.82. The van der Waals surface area contributed by atoms with Crippen LogP contribution < -0.4 is 9.50 Å². The van der Waals surface area contributed by atoms with Crippen molar-refractivity contribution >= 4 is 45.5 Å². The van der Waals surface area contributed by atoms with Crippen LogP contribution in [-0.2, 0) is 26.1 Å². The molecule has 0 spiro atoms. The van der Waals surface area contributed by atoms with E-state index in [-0.39, 0.29) is 16.6 Å². The molecule has 0 radical (unpaired) electrons. The Morgan fingerprint density at radius 3 is 2.43 bits per heavy atom. The second-order valence-electron chi connectivity index (χ2n) is 5.72. The molecule has 1 aliphatic rings. The number of nitrogens with one attached hydrogen (secondary N) is 1. The minimum absolute atomic E-state index is 0.129. The molecule has 2 rings (SSSR count). The average Bonchev–Trinajstić information content (AvgIpc) is 3.08. The van der Waals surface area contributed by atoms with Crippen molar-refractivity contribution in [2.24, 2.45) is 0 Å². The first-order valence-corrected chi connectivity index (χ1v) is 11.3. The lowest BCUT2D eigenvalue weighted by molar-refractivity contribution is -0.141. The lowest BCUT2D eigenvalue weighted by Crippen LogP contribution is -2.41. The average molecular weight is 459 g/mol. The van der Waals surface area contributed by atoms with Crippen LogP contribution in [0.2, 0.25) is 0 Å². The summed E-state index contributed by atoms with van der Waals surface area (Å²) < 4.78 is 64.7. The number of carbonyl (C=O) groups excluding carboxylic acids is 1. The number of alkyl halides is 3. The van der Waals surface area contributed by atoms with Crippen LogP contribution in [0.3, 0.4) is 0 Å². The van der Waals surface area contributed by atoms with Gasteiger partial charge in [-0.15, -0.1) is 23.5 Å². The highest BCUT2D eigenvalue weighted by molar-refractivity contribution is 8.19. The molecule has 1 fully saturated rings. The summed E-state index contributed by atoms with van der Waals surface area (Å²) in [4.78, 5) is 22.4. The molecule has 1 aromatic rings. The summed E-state index contributed by atoms with van der Waals surface area (Å²) in [5.41, 5.74) is -4.95. The molecule has 0 unspecified atom stereocenters. The summed E-state index contributed by atoms with van der Waals surface area (Å²) in [5, 5.41) is 11.5. The summed E-state index contributed by atoms with van der Waals surface area (Å²) in [6.45, 7) is 1.16. The Morgan fingerprint density at radius 1 is 1.32 bits per heavy atom. The van der Waals surface area contributed by atoms with Crippen molar-refractivity contribution in [2.75, 3.05) is 11.5 Å². The number of carboxylic acids is 1. The zero-order valence-electron chi connectivity index (χ0n) is 14.4. The van der Waals surface area contributed by atoms with Crippen molar-refractivity contribution in [3.8, 4) is 5.75 Å². The summed E-state index contributed by atoms with van der Waals surface area (Å²) in [6, 6.07) is 2.52. The standard InChI is InChI=1S/C15H16F3NO6S3/c1-8(20)19-11(13(21)22)7-9-2-3-12(25-28(23,24)15(16,17)18)10(6-9)14-26-4-5-27-14/h2-3,6,11,14H,4-5,7H2,1H3,(H,19,20)(H,21,22)/t11-/m0/s1. The van der Waals surface area contributed by atoms with Crippen LogP contribution in [0.1, 0.15) is 22.6 Å². The van der Waals surface area contributed by atoms with E-state index in [1.54, 1.807) is 0 Å². The van der Waals surface area contributed by atoms with Gasteiger partial charge in [-0.3, -0.25) is 4.79 Å². The molecular formula is C15H16F3NO6S3. The third kappa shape index (κ3) is 5.70. The van der Waals surface area contributed by atoms with E-state index in [0.29, 0.717) is 17.1 Å². The summed E-state index contributed by atoms with van der Waals surface area (Å²) in [7, 11) is -5.84. The number of thioether (sulfide) groups is 2. The normalized spacial score (nSPS) is 16.6. The molecule has 13 heteroatoms. The third-order valence-corrected chi connectivity index (χ3v) is 7.58. The third-order valence-electron chi connectivity index (χ3n) is 3.55. The van der Waals surface area contributed by atoms with Crippen molar-refractivity contribution in [3.63, 3.8) is 0 Å². The lowest BCUT2D eigenvalue weighted by Gasteiger charge is -2.18. The van der Waals surface area contributed by atoms with Crippen LogP contribution in [0.25, 0.3) is 0 Å². The first-order valence-electron chi connectivity index (χ1n) is 7.77. The van der Waals surface area contributed by atoms with Gasteiger partial charge in [-0.25, -0.2) is 4.79 Å². The lowest BCUT2D eigenvalue weighted by atomic mass is 10.0. The van der Waals surface area contributed by atoms with Gasteiger partial charge < -0.3 is 14.6 Å². The molecule has 1 saturated heterocycles. The van der Waals surface area contributed by atoms with E-state index in [4.69, 9.17) is 0 Å². The number of rotatable bonds is 7. The molecule has 156 valence electrons. The Kier molecular flexibility index (Phi) is 7.15. The van der Waals surface area contributed by atoms with Crippen molar-refractivity contribution < 1.29 is 40.5 Å². The largest absolute Gasteiger partial charge is 0.534 e. The van der Waals surface area contributed by atoms with Gasteiger partial charge in [0.1, 0.15) is 11.8 Å². The SMILES string of the molecule is CC(=O)N[C@@H](Cc1ccc(OS(=O)(=O)C(F)(F)F)c(C2SCCS2)c1)C(=O)O. The van der Waals surface area contributed by atoms with E-state index in [0.717, 1.165) is 13.0 Å². The number of amides is 1. The van der Waals surface area contributed by atoms with Crippen molar-refractivity contribution in [3.05, 3.63) is 29.3 Å². The van der Waals surface area contributed by atoms with Gasteiger partial charge in [0.25, 0.3) is 0 Å². The molecule has 1 amide bonds. The van der Waals surface area contributed by atoms with Crippen molar-refractivity contribution in [2.45, 2.75) is 29.5 Å². The maximum Gasteiger partial charge on any atom is 0.534 e. The molecule has 0 saturated carbocycles. The fourth-order valence-electron chi connectivity index (χ4n) is 2.37. The topological polar surface area (TPSA) is 110 Å². The molecule has 0 aromatic heterocycles. The molecule has 2 N–H and O–H groups in total. The first-order chi connectivity index (χ1) is 12.9. The van der Waals surface area contributed by atoms with E-state index >= 15 is 0 Å². The summed E-state index contributed by atoms with van der Waals surface area (Å²) in [5.74, 6) is -0.852. The Balaban J connectivity index is 2.37. The number of benzene rings is 1. The van der Waals surface area contributed by atoms with Gasteiger partial charge in [-0.1, -0.05) is 6.07 Å². The Hall–Kier alpha value is -1.60. The molecule has 1 aromatic carbocycles. The van der Waals surface area contributed by atoms with Crippen LogP contribution in [0.15, 0.2) is 18.2 Å². The van der Waals surface area contributed by atoms with Gasteiger partial charge in [0, 0.05) is 30.4 Å². The molecule has 1 heterocycles. The molecule has 1 aliphatic heterocycles. The zero-order valence-corrected chi connectivity index (χ0v) is 16.8. The molecule has 28 heavy (non-hydrogen) atoms. The predicted octanol–water partition coefficient (Wildman–Crippen LogP) is 2.53. The van der Waals surface area contributed by atoms with E-state index in [1.165, 1.54) is 35.7 Å². The van der Waals surface area contributed by atoms with Gasteiger partial charge >= 0.3 is 21.6 Å². The number of carbonyl (C=O) groups is 2. The number of hydrogen-bond donors (Lipinski definition) is 2. The Labute approximate surface area is 167 Å². The van der Waals surface area contributed by atoms with Crippen molar-refractivity contribution in [1.82, 2.24) is 5.32 Å². The quantitative estimate of drug-likeness (QED) is 0.473. The highest BCUT2D eigenvalue weighted by Crippen LogP contribution is 2.49. The molecule has 0 bridgehead atoms. The first kappa shape index (κ1) is 22.7. The molecular weight excluding hydrogens is 443 g/mol. The van der Waals surface area contributed by atoms with Gasteiger partial charge in [0.2, 0.25) is 5.91 Å². The van der Waals surface area contributed by atoms with Crippen LogP contribution >= 0.6 is 23.5 Å². The minimum atomic E-state index is -5.84. The van der Waals surface area contributed by atoms with Gasteiger partial charge in [-0.05, 0) is 17.7 Å². The van der Waals surface area contributed by atoms with E-state index < -0.39 is 39.3 Å². The monoisotopic (exact) mass is 459 g/mol. The van der Waals surface area contributed by atoms with Crippen LogP contribution in [-0.4, -0.2) is 48.5 Å². The van der Waals surface area contributed by atoms with Crippen LogP contribution in [0.5, 0.6) is 5.75 Å². The fraction of sp³-hybridized carbons (Fsp3) is 0.467. The summed E-state index contributed by atoms with van der Waals surface area (Å²) >= 11 is 2.82. The van der Waals surface area contributed by atoms with Gasteiger partial charge in [0.05, 0.1) is 4.58 Å². The number of carboxylic acid groups (broad SMARTS) is 1. The second-order valence-corrected chi connectivity index (χ2v) is 9.99. The number of halogens is 3. The van der Waals surface area contributed by atoms with E-state index in [2.05, 4.69) is 9.50 Å². The van der Waals surface area contributed by atoms with Crippen LogP contribution in [0, 0.1) is 0 Å². The van der Waals surface area contributed by atoms with Crippen molar-refractivity contribution in [1.29, 1.82) is 0 Å². The van der Waals surface area contributed by atoms with Crippen LogP contribution in [0.4, 0.5) is 13.2 Å². The van der Waals surface area contributed by atoms with E-state index in [1.807, 2.05) is 0 Å². The zero-order chi connectivity index (χ0) is 21.1. The number of aliphatic carboxylic acids is 1. The maximum absolute atomic E-state index is 12.7. The smallest absolute Gasteiger partial charge is 0.480 e. The fourth-order valence-corrected chi connectivity index (χ4v) is 5.74. The highest BCUT2D eigenvalue weighted by atomic mass is 32.2. The molecule has 0 aliphatic carbocycles. The Morgan fingerprint density at radius 2 is 1.93 bits per heavy atom. The van der Waals surface area contributed by atoms with E-state index in [9.17, 15) is 36.3 Å². The number of hydrogen-bond acceptors (Lipinski definition) is 7. The Bertz CT molecular complexity index is 853. The minimum Gasteiger partial charge on any atom is -0.480 e. The molecule has 1 atom stereocenters. The van der Waals surface area contributed by atoms with Gasteiger partial charge in [-0.2, -0.15) is 21.6 Å². The highest BCUT2D eigenvalue weighted by Gasteiger charge is 2.49. The maximum atomic E-state index is 12.7.